The van der Waals surface area contributed by atoms with Gasteiger partial charge in [-0.25, -0.2) is 0 Å². The summed E-state index contributed by atoms with van der Waals surface area (Å²) in [7, 11) is 0. The summed E-state index contributed by atoms with van der Waals surface area (Å²) >= 11 is 0. The number of carbonyl (C=O) groups excluding carboxylic acids is 1. The number of halogens is 1. The summed E-state index contributed by atoms with van der Waals surface area (Å²) in [5.74, 6) is 2.04. The first kappa shape index (κ1) is 11.2. The highest BCUT2D eigenvalue weighted by Crippen LogP contribution is 2.49. The summed E-state index contributed by atoms with van der Waals surface area (Å²) < 4.78 is 0. The molecular formula is C11H19ClN2O. The van der Waals surface area contributed by atoms with Crippen molar-refractivity contribution in [1.82, 2.24) is 10.6 Å². The van der Waals surface area contributed by atoms with E-state index in [1.54, 1.807) is 0 Å². The maximum absolute atomic E-state index is 11.7. The predicted molar refractivity (Wildman–Crippen MR) is 61.0 cm³/mol. The molecular weight excluding hydrogens is 212 g/mol. The minimum Gasteiger partial charge on any atom is -0.352 e. The molecule has 0 aromatic rings. The Morgan fingerprint density at radius 1 is 1.27 bits per heavy atom. The number of amides is 1. The molecule has 0 spiro atoms. The summed E-state index contributed by atoms with van der Waals surface area (Å²) in [6.07, 6.45) is 6.21. The molecule has 3 nitrogen and oxygen atoms in total. The lowest BCUT2D eigenvalue weighted by Gasteiger charge is -2.10. The van der Waals surface area contributed by atoms with Crippen LogP contribution in [0.5, 0.6) is 0 Å². The SMILES string of the molecule is Cl.O=C(NC1CC1C1CC1)C1CCCN1. The zero-order chi connectivity index (χ0) is 9.54. The molecule has 3 unspecified atom stereocenters. The monoisotopic (exact) mass is 230 g/mol. The highest BCUT2D eigenvalue weighted by atomic mass is 35.5. The Hall–Kier alpha value is -0.280. The van der Waals surface area contributed by atoms with E-state index in [-0.39, 0.29) is 24.4 Å². The van der Waals surface area contributed by atoms with E-state index >= 15 is 0 Å². The molecule has 0 aromatic carbocycles. The molecule has 2 aliphatic carbocycles. The molecule has 3 atom stereocenters. The third kappa shape index (κ3) is 2.45. The molecule has 1 saturated heterocycles. The first-order chi connectivity index (χ1) is 6.84. The molecule has 2 N–H and O–H groups in total. The Labute approximate surface area is 96.8 Å². The molecule has 2 saturated carbocycles. The van der Waals surface area contributed by atoms with Crippen LogP contribution in [0.15, 0.2) is 0 Å². The Balaban J connectivity index is 0.000000853. The van der Waals surface area contributed by atoms with Gasteiger partial charge in [-0.15, -0.1) is 12.4 Å². The van der Waals surface area contributed by atoms with Crippen LogP contribution < -0.4 is 10.6 Å². The lowest BCUT2D eigenvalue weighted by molar-refractivity contribution is -0.123. The second-order valence-corrected chi connectivity index (χ2v) is 5.00. The average molecular weight is 231 g/mol. The number of nitrogens with one attached hydrogen (secondary N) is 2. The highest BCUT2D eigenvalue weighted by Gasteiger charge is 2.48. The molecule has 3 aliphatic rings. The van der Waals surface area contributed by atoms with E-state index in [0.29, 0.717) is 6.04 Å². The lowest BCUT2D eigenvalue weighted by atomic mass is 10.2. The van der Waals surface area contributed by atoms with Crippen molar-refractivity contribution in [3.63, 3.8) is 0 Å². The molecule has 0 bridgehead atoms. The normalized spacial score (nSPS) is 38.3. The van der Waals surface area contributed by atoms with E-state index in [4.69, 9.17) is 0 Å². The number of carbonyl (C=O) groups is 1. The fraction of sp³-hybridized carbons (Fsp3) is 0.909. The van der Waals surface area contributed by atoms with E-state index in [9.17, 15) is 4.79 Å². The molecule has 86 valence electrons. The summed E-state index contributed by atoms with van der Waals surface area (Å²) in [5, 5.41) is 6.40. The average Bonchev–Trinajstić information content (AvgIpc) is 3.06. The lowest BCUT2D eigenvalue weighted by Crippen LogP contribution is -2.41. The molecule has 1 heterocycles. The standard InChI is InChI=1S/C11H18N2O.ClH/c14-11(9-2-1-5-12-9)13-10-6-8(10)7-3-4-7;/h7-10,12H,1-6H2,(H,13,14);1H. The van der Waals surface area contributed by atoms with Gasteiger partial charge in [-0.2, -0.15) is 0 Å². The van der Waals surface area contributed by atoms with E-state index in [1.807, 2.05) is 0 Å². The molecule has 3 fully saturated rings. The first-order valence-electron chi connectivity index (χ1n) is 5.88. The Morgan fingerprint density at radius 3 is 2.67 bits per heavy atom. The van der Waals surface area contributed by atoms with Crippen LogP contribution in [0.1, 0.15) is 32.1 Å². The molecule has 3 rings (SSSR count). The van der Waals surface area contributed by atoms with Crippen LogP contribution >= 0.6 is 12.4 Å². The number of rotatable bonds is 3. The van der Waals surface area contributed by atoms with Gasteiger partial charge in [0.05, 0.1) is 6.04 Å². The van der Waals surface area contributed by atoms with Crippen LogP contribution in [0.3, 0.4) is 0 Å². The van der Waals surface area contributed by atoms with E-state index in [2.05, 4.69) is 10.6 Å². The summed E-state index contributed by atoms with van der Waals surface area (Å²) in [4.78, 5) is 11.7. The first-order valence-corrected chi connectivity index (χ1v) is 5.88. The van der Waals surface area contributed by atoms with Gasteiger partial charge in [0.25, 0.3) is 0 Å². The maximum Gasteiger partial charge on any atom is 0.237 e. The van der Waals surface area contributed by atoms with Crippen molar-refractivity contribution >= 4 is 18.3 Å². The Kier molecular flexibility index (Phi) is 3.21. The molecule has 0 aromatic heterocycles. The number of hydrogen-bond donors (Lipinski definition) is 2. The molecule has 1 aliphatic heterocycles. The van der Waals surface area contributed by atoms with Crippen molar-refractivity contribution < 1.29 is 4.79 Å². The Morgan fingerprint density at radius 2 is 2.07 bits per heavy atom. The second kappa shape index (κ2) is 4.30. The van der Waals surface area contributed by atoms with Crippen LogP contribution in [0, 0.1) is 11.8 Å². The van der Waals surface area contributed by atoms with Crippen molar-refractivity contribution in [2.24, 2.45) is 11.8 Å². The summed E-state index contributed by atoms with van der Waals surface area (Å²) in [6.45, 7) is 1.01. The van der Waals surface area contributed by atoms with Gasteiger partial charge in [0.15, 0.2) is 0 Å². The fourth-order valence-corrected chi connectivity index (χ4v) is 2.62. The number of hydrogen-bond acceptors (Lipinski definition) is 2. The molecule has 4 heteroatoms. The van der Waals surface area contributed by atoms with E-state index in [1.165, 1.54) is 19.3 Å². The van der Waals surface area contributed by atoms with Gasteiger partial charge in [0, 0.05) is 6.04 Å². The van der Waals surface area contributed by atoms with Gasteiger partial charge in [-0.05, 0) is 50.5 Å². The molecule has 1 amide bonds. The largest absolute Gasteiger partial charge is 0.352 e. The summed E-state index contributed by atoms with van der Waals surface area (Å²) in [5.41, 5.74) is 0. The minimum atomic E-state index is 0. The van der Waals surface area contributed by atoms with Crippen molar-refractivity contribution in [3.05, 3.63) is 0 Å². The van der Waals surface area contributed by atoms with Gasteiger partial charge in [-0.3, -0.25) is 4.79 Å². The maximum atomic E-state index is 11.7. The topological polar surface area (TPSA) is 41.1 Å². The smallest absolute Gasteiger partial charge is 0.237 e. The molecule has 0 radical (unpaired) electrons. The minimum absolute atomic E-state index is 0. The highest BCUT2D eigenvalue weighted by molar-refractivity contribution is 5.85. The van der Waals surface area contributed by atoms with Gasteiger partial charge < -0.3 is 10.6 Å². The van der Waals surface area contributed by atoms with Gasteiger partial charge >= 0.3 is 0 Å². The van der Waals surface area contributed by atoms with Gasteiger partial charge in [0.2, 0.25) is 5.91 Å². The Bertz CT molecular complexity index is 249. The molecule has 15 heavy (non-hydrogen) atoms. The predicted octanol–water partition coefficient (Wildman–Crippen LogP) is 1.07. The van der Waals surface area contributed by atoms with Crippen LogP contribution in [0.4, 0.5) is 0 Å². The van der Waals surface area contributed by atoms with Crippen molar-refractivity contribution in [2.45, 2.75) is 44.2 Å². The fourth-order valence-electron chi connectivity index (χ4n) is 2.62. The van der Waals surface area contributed by atoms with Crippen LogP contribution in [-0.4, -0.2) is 24.5 Å². The van der Waals surface area contributed by atoms with Crippen LogP contribution in [-0.2, 0) is 4.79 Å². The second-order valence-electron chi connectivity index (χ2n) is 5.00. The van der Waals surface area contributed by atoms with Crippen LogP contribution in [0.2, 0.25) is 0 Å². The van der Waals surface area contributed by atoms with E-state index < -0.39 is 0 Å². The van der Waals surface area contributed by atoms with Gasteiger partial charge in [0.1, 0.15) is 0 Å². The van der Waals surface area contributed by atoms with Gasteiger partial charge in [-0.1, -0.05) is 0 Å². The van der Waals surface area contributed by atoms with Crippen molar-refractivity contribution in [3.8, 4) is 0 Å². The quantitative estimate of drug-likeness (QED) is 0.762. The third-order valence-electron chi connectivity index (χ3n) is 3.77. The zero-order valence-electron chi connectivity index (χ0n) is 8.87. The summed E-state index contributed by atoms with van der Waals surface area (Å²) in [6, 6.07) is 0.632. The van der Waals surface area contributed by atoms with Crippen molar-refractivity contribution in [1.29, 1.82) is 0 Å². The van der Waals surface area contributed by atoms with Crippen molar-refractivity contribution in [2.75, 3.05) is 6.54 Å². The van der Waals surface area contributed by atoms with Crippen LogP contribution in [0.25, 0.3) is 0 Å². The van der Waals surface area contributed by atoms with E-state index in [0.717, 1.165) is 31.2 Å². The zero-order valence-corrected chi connectivity index (χ0v) is 9.69. The third-order valence-corrected chi connectivity index (χ3v) is 3.77.